The second-order valence-corrected chi connectivity index (χ2v) is 5.35. The summed E-state index contributed by atoms with van der Waals surface area (Å²) < 4.78 is 13.1. The minimum atomic E-state index is 0.467. The van der Waals surface area contributed by atoms with E-state index in [0.29, 0.717) is 28.5 Å². The molecule has 0 saturated heterocycles. The molecule has 3 rings (SSSR count). The van der Waals surface area contributed by atoms with Gasteiger partial charge in [0.25, 0.3) is 0 Å². The first-order valence-corrected chi connectivity index (χ1v) is 7.28. The van der Waals surface area contributed by atoms with E-state index in [4.69, 9.17) is 9.47 Å². The average Bonchev–Trinajstić information content (AvgIpc) is 2.94. The first-order valence-electron chi connectivity index (χ1n) is 6.49. The monoisotopic (exact) mass is 357 g/mol. The van der Waals surface area contributed by atoms with Gasteiger partial charge in [0.2, 0.25) is 0 Å². The smallest absolute Gasteiger partial charge is 0.161 e. The number of pyridine rings is 1. The zero-order valence-electron chi connectivity index (χ0n) is 12.0. The molecule has 0 fully saturated rings. The minimum Gasteiger partial charge on any atom is -0.493 e. The SMILES string of the molecule is COc1ccc(-c2nc3cccc(Br)n3c2C#N)cc1OC. The first kappa shape index (κ1) is 14.4. The van der Waals surface area contributed by atoms with E-state index in [1.807, 2.05) is 30.3 Å². The van der Waals surface area contributed by atoms with Gasteiger partial charge in [0.1, 0.15) is 17.4 Å². The van der Waals surface area contributed by atoms with E-state index in [2.05, 4.69) is 27.0 Å². The van der Waals surface area contributed by atoms with Crippen LogP contribution < -0.4 is 9.47 Å². The highest BCUT2D eigenvalue weighted by Gasteiger charge is 2.17. The van der Waals surface area contributed by atoms with Gasteiger partial charge in [-0.15, -0.1) is 0 Å². The van der Waals surface area contributed by atoms with E-state index >= 15 is 0 Å². The van der Waals surface area contributed by atoms with E-state index in [9.17, 15) is 5.26 Å². The molecule has 5 nitrogen and oxygen atoms in total. The predicted molar refractivity (Wildman–Crippen MR) is 86.1 cm³/mol. The molecule has 0 N–H and O–H groups in total. The van der Waals surface area contributed by atoms with Crippen LogP contribution in [-0.2, 0) is 0 Å². The molecule has 0 aliphatic heterocycles. The van der Waals surface area contributed by atoms with Crippen LogP contribution in [0.1, 0.15) is 5.69 Å². The molecule has 0 saturated carbocycles. The molecule has 0 aliphatic carbocycles. The molecule has 6 heteroatoms. The predicted octanol–water partition coefficient (Wildman–Crippen LogP) is 3.65. The third kappa shape index (κ3) is 2.20. The standard InChI is InChI=1S/C16H12BrN3O2/c1-21-12-7-6-10(8-13(12)22-2)16-11(9-18)20-14(17)4-3-5-15(20)19-16/h3-8H,1-2H3. The lowest BCUT2D eigenvalue weighted by Gasteiger charge is -2.08. The van der Waals surface area contributed by atoms with Gasteiger partial charge in [0, 0.05) is 5.56 Å². The second kappa shape index (κ2) is 5.70. The highest BCUT2D eigenvalue weighted by atomic mass is 79.9. The largest absolute Gasteiger partial charge is 0.493 e. The summed E-state index contributed by atoms with van der Waals surface area (Å²) in [5.74, 6) is 1.23. The Morgan fingerprint density at radius 1 is 1.14 bits per heavy atom. The number of halogens is 1. The number of ether oxygens (including phenoxy) is 2. The summed E-state index contributed by atoms with van der Waals surface area (Å²) in [7, 11) is 3.16. The van der Waals surface area contributed by atoms with E-state index < -0.39 is 0 Å². The Morgan fingerprint density at radius 3 is 2.59 bits per heavy atom. The molecule has 0 bridgehead atoms. The zero-order chi connectivity index (χ0) is 15.7. The van der Waals surface area contributed by atoms with Gasteiger partial charge in [0.15, 0.2) is 17.2 Å². The first-order chi connectivity index (χ1) is 10.7. The van der Waals surface area contributed by atoms with Gasteiger partial charge in [-0.05, 0) is 46.3 Å². The molecule has 3 aromatic rings. The summed E-state index contributed by atoms with van der Waals surface area (Å²) in [6.07, 6.45) is 0. The topological polar surface area (TPSA) is 59.5 Å². The van der Waals surface area contributed by atoms with Crippen LogP contribution in [0.3, 0.4) is 0 Å². The lowest BCUT2D eigenvalue weighted by atomic mass is 10.1. The van der Waals surface area contributed by atoms with Crippen LogP contribution in [0.5, 0.6) is 11.5 Å². The van der Waals surface area contributed by atoms with Crippen molar-refractivity contribution in [1.82, 2.24) is 9.38 Å². The summed E-state index contributed by atoms with van der Waals surface area (Å²) in [6.45, 7) is 0. The van der Waals surface area contributed by atoms with Crippen molar-refractivity contribution < 1.29 is 9.47 Å². The normalized spacial score (nSPS) is 10.5. The molecule has 110 valence electrons. The molecule has 0 atom stereocenters. The number of rotatable bonds is 3. The molecular weight excluding hydrogens is 346 g/mol. The van der Waals surface area contributed by atoms with E-state index in [0.717, 1.165) is 10.2 Å². The highest BCUT2D eigenvalue weighted by Crippen LogP contribution is 2.34. The highest BCUT2D eigenvalue weighted by molar-refractivity contribution is 9.10. The number of aromatic nitrogens is 2. The zero-order valence-corrected chi connectivity index (χ0v) is 13.6. The Bertz CT molecular complexity index is 896. The van der Waals surface area contributed by atoms with E-state index in [-0.39, 0.29) is 0 Å². The van der Waals surface area contributed by atoms with Gasteiger partial charge >= 0.3 is 0 Å². The van der Waals surface area contributed by atoms with Crippen molar-refractivity contribution in [3.05, 3.63) is 46.7 Å². The van der Waals surface area contributed by atoms with Gasteiger partial charge < -0.3 is 9.47 Å². The molecule has 0 spiro atoms. The van der Waals surface area contributed by atoms with Crippen LogP contribution in [0.2, 0.25) is 0 Å². The van der Waals surface area contributed by atoms with Gasteiger partial charge in [-0.3, -0.25) is 4.40 Å². The second-order valence-electron chi connectivity index (χ2n) is 4.53. The number of hydrogen-bond acceptors (Lipinski definition) is 4. The summed E-state index contributed by atoms with van der Waals surface area (Å²) in [5.41, 5.74) is 2.57. The van der Waals surface area contributed by atoms with Gasteiger partial charge in [-0.2, -0.15) is 5.26 Å². The Hall–Kier alpha value is -2.52. The number of fused-ring (bicyclic) bond motifs is 1. The van der Waals surface area contributed by atoms with Crippen molar-refractivity contribution in [3.8, 4) is 28.8 Å². The van der Waals surface area contributed by atoms with Crippen LogP contribution in [0.25, 0.3) is 16.9 Å². The molecule has 0 amide bonds. The van der Waals surface area contributed by atoms with Crippen molar-refractivity contribution in [2.24, 2.45) is 0 Å². The molecule has 0 radical (unpaired) electrons. The van der Waals surface area contributed by atoms with Gasteiger partial charge in [-0.1, -0.05) is 6.07 Å². The Balaban J connectivity index is 2.27. The van der Waals surface area contributed by atoms with Crippen molar-refractivity contribution in [1.29, 1.82) is 5.26 Å². The molecule has 2 heterocycles. The molecule has 1 aromatic carbocycles. The maximum Gasteiger partial charge on any atom is 0.161 e. The number of benzene rings is 1. The van der Waals surface area contributed by atoms with Crippen LogP contribution >= 0.6 is 15.9 Å². The maximum absolute atomic E-state index is 9.53. The van der Waals surface area contributed by atoms with Gasteiger partial charge in [-0.25, -0.2) is 4.98 Å². The minimum absolute atomic E-state index is 0.467. The molecule has 0 aliphatic rings. The maximum atomic E-state index is 9.53. The third-order valence-electron chi connectivity index (χ3n) is 3.36. The molecule has 0 unspecified atom stereocenters. The van der Waals surface area contributed by atoms with Crippen molar-refractivity contribution in [2.45, 2.75) is 0 Å². The molecular formula is C16H12BrN3O2. The Kier molecular flexibility index (Phi) is 3.73. The van der Waals surface area contributed by atoms with Crippen LogP contribution in [-0.4, -0.2) is 23.6 Å². The van der Waals surface area contributed by atoms with Crippen molar-refractivity contribution in [3.63, 3.8) is 0 Å². The Labute approximate surface area is 135 Å². The molecule has 22 heavy (non-hydrogen) atoms. The fraction of sp³-hybridized carbons (Fsp3) is 0.125. The number of nitriles is 1. The number of hydrogen-bond donors (Lipinski definition) is 0. The summed E-state index contributed by atoms with van der Waals surface area (Å²) in [6, 6.07) is 13.3. The number of imidazole rings is 1. The molecule has 2 aromatic heterocycles. The fourth-order valence-electron chi connectivity index (χ4n) is 2.34. The lowest BCUT2D eigenvalue weighted by Crippen LogP contribution is -1.93. The lowest BCUT2D eigenvalue weighted by molar-refractivity contribution is 0.355. The van der Waals surface area contributed by atoms with Crippen LogP contribution in [0.4, 0.5) is 0 Å². The van der Waals surface area contributed by atoms with Crippen LogP contribution in [0, 0.1) is 11.3 Å². The third-order valence-corrected chi connectivity index (χ3v) is 3.98. The summed E-state index contributed by atoms with van der Waals surface area (Å²) in [5, 5.41) is 9.53. The Morgan fingerprint density at radius 2 is 1.91 bits per heavy atom. The average molecular weight is 358 g/mol. The van der Waals surface area contributed by atoms with Crippen molar-refractivity contribution >= 4 is 21.6 Å². The summed E-state index contributed by atoms with van der Waals surface area (Å²) >= 11 is 3.45. The van der Waals surface area contributed by atoms with Gasteiger partial charge in [0.05, 0.1) is 18.8 Å². The van der Waals surface area contributed by atoms with E-state index in [1.165, 1.54) is 0 Å². The fourth-order valence-corrected chi connectivity index (χ4v) is 2.85. The van der Waals surface area contributed by atoms with Crippen LogP contribution in [0.15, 0.2) is 41.0 Å². The van der Waals surface area contributed by atoms with E-state index in [1.54, 1.807) is 24.7 Å². The number of methoxy groups -OCH3 is 2. The van der Waals surface area contributed by atoms with Crippen molar-refractivity contribution in [2.75, 3.05) is 14.2 Å². The quantitative estimate of drug-likeness (QED) is 0.671. The summed E-state index contributed by atoms with van der Waals surface area (Å²) in [4.78, 5) is 4.56. The number of nitrogens with zero attached hydrogens (tertiary/aromatic N) is 3.